The largest absolute Gasteiger partial charge is 0.492 e. The van der Waals surface area contributed by atoms with Crippen LogP contribution in [0.15, 0.2) is 51.8 Å². The Kier molecular flexibility index (Phi) is 5.55. The lowest BCUT2D eigenvalue weighted by Gasteiger charge is -2.10. The zero-order chi connectivity index (χ0) is 16.2. The Morgan fingerprint density at radius 2 is 1.86 bits per heavy atom. The van der Waals surface area contributed by atoms with Crippen molar-refractivity contribution in [3.05, 3.63) is 58.3 Å². The topological polar surface area (TPSA) is 55.4 Å². The predicted octanol–water partition coefficient (Wildman–Crippen LogP) is 3.25. The van der Waals surface area contributed by atoms with Crippen LogP contribution in [-0.4, -0.2) is 21.6 Å². The summed E-state index contributed by atoms with van der Waals surface area (Å²) in [5.74, 6) is 0.168. The number of ether oxygens (including phenoxy) is 1. The smallest absolute Gasteiger partial charge is 0.241 e. The van der Waals surface area contributed by atoms with E-state index < -0.39 is 15.8 Å². The molecule has 0 saturated carbocycles. The van der Waals surface area contributed by atoms with Crippen molar-refractivity contribution in [3.63, 3.8) is 0 Å². The molecular formula is C15H15BrFNO3S. The minimum Gasteiger partial charge on any atom is -0.492 e. The number of nitrogens with one attached hydrogen (secondary N) is 1. The van der Waals surface area contributed by atoms with Crippen LogP contribution in [0.2, 0.25) is 0 Å². The summed E-state index contributed by atoms with van der Waals surface area (Å²) < 4.78 is 45.2. The third kappa shape index (κ3) is 4.53. The van der Waals surface area contributed by atoms with Gasteiger partial charge in [-0.3, -0.25) is 0 Å². The maximum Gasteiger partial charge on any atom is 0.241 e. The van der Waals surface area contributed by atoms with E-state index in [1.807, 2.05) is 31.2 Å². The Labute approximate surface area is 137 Å². The van der Waals surface area contributed by atoms with E-state index in [0.29, 0.717) is 5.75 Å². The second kappa shape index (κ2) is 7.21. The van der Waals surface area contributed by atoms with Gasteiger partial charge in [0.1, 0.15) is 18.2 Å². The Morgan fingerprint density at radius 3 is 2.50 bits per heavy atom. The normalized spacial score (nSPS) is 11.4. The first-order valence-corrected chi connectivity index (χ1v) is 8.80. The number of rotatable bonds is 6. The third-order valence-corrected chi connectivity index (χ3v) is 5.31. The van der Waals surface area contributed by atoms with E-state index >= 15 is 0 Å². The molecular weight excluding hydrogens is 373 g/mol. The van der Waals surface area contributed by atoms with Crippen molar-refractivity contribution in [1.82, 2.24) is 4.72 Å². The number of halogens is 2. The number of hydrogen-bond acceptors (Lipinski definition) is 3. The van der Waals surface area contributed by atoms with Gasteiger partial charge in [0.2, 0.25) is 10.0 Å². The third-order valence-electron chi connectivity index (χ3n) is 2.87. The number of sulfonamides is 1. The Morgan fingerprint density at radius 1 is 1.18 bits per heavy atom. The van der Waals surface area contributed by atoms with Gasteiger partial charge in [-0.25, -0.2) is 17.5 Å². The van der Waals surface area contributed by atoms with E-state index in [-0.39, 0.29) is 22.5 Å². The Balaban J connectivity index is 1.91. The molecule has 0 aliphatic carbocycles. The van der Waals surface area contributed by atoms with Gasteiger partial charge in [-0.1, -0.05) is 17.7 Å². The van der Waals surface area contributed by atoms with Crippen LogP contribution in [0.5, 0.6) is 5.75 Å². The van der Waals surface area contributed by atoms with Crippen molar-refractivity contribution in [1.29, 1.82) is 0 Å². The maximum atomic E-state index is 13.0. The molecule has 7 heteroatoms. The van der Waals surface area contributed by atoms with Gasteiger partial charge in [-0.15, -0.1) is 0 Å². The highest BCUT2D eigenvalue weighted by Gasteiger charge is 2.17. The molecule has 0 saturated heterocycles. The zero-order valence-corrected chi connectivity index (χ0v) is 14.2. The van der Waals surface area contributed by atoms with Gasteiger partial charge in [0.15, 0.2) is 0 Å². The lowest BCUT2D eigenvalue weighted by molar-refractivity contribution is 0.323. The summed E-state index contributed by atoms with van der Waals surface area (Å²) >= 11 is 3.04. The van der Waals surface area contributed by atoms with Crippen LogP contribution in [0.4, 0.5) is 4.39 Å². The van der Waals surface area contributed by atoms with Crippen LogP contribution in [0, 0.1) is 12.7 Å². The van der Waals surface area contributed by atoms with Crippen LogP contribution in [0.3, 0.4) is 0 Å². The second-order valence-corrected chi connectivity index (χ2v) is 7.22. The van der Waals surface area contributed by atoms with Crippen LogP contribution in [0.25, 0.3) is 0 Å². The molecule has 0 heterocycles. The first-order valence-electron chi connectivity index (χ1n) is 6.53. The van der Waals surface area contributed by atoms with Crippen LogP contribution < -0.4 is 9.46 Å². The minimum absolute atomic E-state index is 0.00997. The van der Waals surface area contributed by atoms with Gasteiger partial charge in [0, 0.05) is 11.0 Å². The van der Waals surface area contributed by atoms with Gasteiger partial charge >= 0.3 is 0 Å². The number of benzene rings is 2. The number of aryl methyl sites for hydroxylation is 1. The first kappa shape index (κ1) is 16.9. The van der Waals surface area contributed by atoms with Gasteiger partial charge < -0.3 is 4.74 Å². The molecule has 2 aromatic rings. The van der Waals surface area contributed by atoms with Crippen LogP contribution in [0.1, 0.15) is 5.56 Å². The maximum absolute atomic E-state index is 13.0. The van der Waals surface area contributed by atoms with E-state index in [2.05, 4.69) is 20.7 Å². The fraction of sp³-hybridized carbons (Fsp3) is 0.200. The standard InChI is InChI=1S/C15H15BrFNO3S/c1-11-2-5-13(6-3-11)21-9-8-18-22(19,20)15-7-4-12(17)10-14(15)16/h2-7,10,18H,8-9H2,1H3. The average molecular weight is 388 g/mol. The molecule has 4 nitrogen and oxygen atoms in total. The molecule has 0 unspecified atom stereocenters. The van der Waals surface area contributed by atoms with Gasteiger partial charge in [0.05, 0.1) is 4.90 Å². The van der Waals surface area contributed by atoms with Crippen LogP contribution in [-0.2, 0) is 10.0 Å². The summed E-state index contributed by atoms with van der Waals surface area (Å²) in [6.45, 7) is 2.28. The molecule has 0 radical (unpaired) electrons. The van der Waals surface area contributed by atoms with Crippen molar-refractivity contribution >= 4 is 26.0 Å². The monoisotopic (exact) mass is 387 g/mol. The second-order valence-electron chi connectivity index (χ2n) is 4.63. The van der Waals surface area contributed by atoms with E-state index in [1.54, 1.807) is 0 Å². The highest BCUT2D eigenvalue weighted by atomic mass is 79.9. The summed E-state index contributed by atoms with van der Waals surface area (Å²) in [5.41, 5.74) is 1.12. The predicted molar refractivity (Wildman–Crippen MR) is 86.0 cm³/mol. The summed E-state index contributed by atoms with van der Waals surface area (Å²) in [6, 6.07) is 10.9. The van der Waals surface area contributed by atoms with E-state index in [1.165, 1.54) is 6.07 Å². The molecule has 0 amide bonds. The quantitative estimate of drug-likeness (QED) is 0.773. The Hall–Kier alpha value is -1.44. The SMILES string of the molecule is Cc1ccc(OCCNS(=O)(=O)c2ccc(F)cc2Br)cc1. The van der Waals surface area contributed by atoms with Crippen molar-refractivity contribution < 1.29 is 17.5 Å². The minimum atomic E-state index is -3.71. The van der Waals surface area contributed by atoms with Crippen molar-refractivity contribution in [2.45, 2.75) is 11.8 Å². The molecule has 0 aliphatic rings. The summed E-state index contributed by atoms with van der Waals surface area (Å²) in [5, 5.41) is 0. The molecule has 2 rings (SSSR count). The molecule has 0 atom stereocenters. The van der Waals surface area contributed by atoms with Crippen molar-refractivity contribution in [2.24, 2.45) is 0 Å². The zero-order valence-electron chi connectivity index (χ0n) is 11.8. The molecule has 0 bridgehead atoms. The molecule has 1 N–H and O–H groups in total. The fourth-order valence-corrected chi connectivity index (χ4v) is 3.81. The Bertz CT molecular complexity index is 748. The molecule has 118 valence electrons. The van der Waals surface area contributed by atoms with E-state index in [4.69, 9.17) is 4.74 Å². The average Bonchev–Trinajstić information content (AvgIpc) is 2.45. The highest BCUT2D eigenvalue weighted by molar-refractivity contribution is 9.10. The molecule has 22 heavy (non-hydrogen) atoms. The summed E-state index contributed by atoms with van der Waals surface area (Å²) in [6.07, 6.45) is 0. The lowest BCUT2D eigenvalue weighted by atomic mass is 10.2. The van der Waals surface area contributed by atoms with Crippen molar-refractivity contribution in [2.75, 3.05) is 13.2 Å². The van der Waals surface area contributed by atoms with Gasteiger partial charge in [0.25, 0.3) is 0 Å². The van der Waals surface area contributed by atoms with Gasteiger partial charge in [-0.2, -0.15) is 0 Å². The fourth-order valence-electron chi connectivity index (χ4n) is 1.75. The van der Waals surface area contributed by atoms with Crippen LogP contribution >= 0.6 is 15.9 Å². The molecule has 0 aliphatic heterocycles. The molecule has 0 spiro atoms. The van der Waals surface area contributed by atoms with E-state index in [9.17, 15) is 12.8 Å². The van der Waals surface area contributed by atoms with Crippen molar-refractivity contribution in [3.8, 4) is 5.75 Å². The van der Waals surface area contributed by atoms with Gasteiger partial charge in [-0.05, 0) is 53.2 Å². The highest BCUT2D eigenvalue weighted by Crippen LogP contribution is 2.22. The molecule has 0 aromatic heterocycles. The number of hydrogen-bond donors (Lipinski definition) is 1. The van der Waals surface area contributed by atoms with E-state index in [0.717, 1.165) is 17.7 Å². The summed E-state index contributed by atoms with van der Waals surface area (Å²) in [7, 11) is -3.71. The first-order chi connectivity index (χ1) is 10.4. The molecule has 2 aromatic carbocycles. The molecule has 0 fully saturated rings. The lowest BCUT2D eigenvalue weighted by Crippen LogP contribution is -2.28. The summed E-state index contributed by atoms with van der Waals surface area (Å²) in [4.78, 5) is -0.00997.